The number of likely N-dealkylation sites (N-methyl/N-ethyl adjacent to an activating group) is 4. The molecule has 0 aliphatic carbocycles. The van der Waals surface area contributed by atoms with Crippen LogP contribution in [0.4, 0.5) is 0 Å². The zero-order valence-electron chi connectivity index (χ0n) is 49.3. The lowest BCUT2D eigenvalue weighted by Crippen LogP contribution is -2.61. The Bertz CT molecular complexity index is 1080. The minimum Gasteiger partial charge on any atom is -0.394 e. The monoisotopic (exact) mass is 1100 g/mol. The standard InChI is InChI=1S/C52H116N4O10SSi4/c1-17-55(18-2)51(49-53(9)43-39-45-68(63-21-5)64-22-6,41-35-31-27-25-29-33-37-47-70(57-11,58-12)59-13)67-52(56(19-3)20-4,50-54(10)44-40-46-69(65-23-7)66-24-8)42-36-32-28-26-30-34-38-48-71(60-14,61-15)62-16/h17-50H2,1-16H3. The normalized spacial score (nSPS) is 14.6. The Morgan fingerprint density at radius 1 is 0.380 bits per heavy atom. The molecule has 0 saturated carbocycles. The van der Waals surface area contributed by atoms with Crippen LogP contribution in [0.25, 0.3) is 0 Å². The first-order valence-corrected chi connectivity index (χ1v) is 36.1. The van der Waals surface area contributed by atoms with E-state index in [9.17, 15) is 0 Å². The van der Waals surface area contributed by atoms with Crippen LogP contribution in [-0.4, -0.2) is 201 Å². The fourth-order valence-electron chi connectivity index (χ4n) is 10.3. The highest BCUT2D eigenvalue weighted by Gasteiger charge is 2.48. The zero-order valence-corrected chi connectivity index (χ0v) is 54.1. The summed E-state index contributed by atoms with van der Waals surface area (Å²) < 4.78 is 58.5. The number of unbranched alkanes of at least 4 members (excludes halogenated alkanes) is 12. The molecule has 2 unspecified atom stereocenters. The van der Waals surface area contributed by atoms with E-state index in [1.165, 1.54) is 89.9 Å². The Labute approximate surface area is 450 Å². The molecule has 0 aromatic rings. The predicted molar refractivity (Wildman–Crippen MR) is 308 cm³/mol. The van der Waals surface area contributed by atoms with Crippen molar-refractivity contribution in [3.63, 3.8) is 0 Å². The van der Waals surface area contributed by atoms with Crippen LogP contribution in [0.3, 0.4) is 0 Å². The SMILES string of the molecule is CCO[Si](CCCN(C)CC(CCCCCCCCC[Si](OC)(OC)OC)(SC(CCCCCCCCC[Si](OC)(OC)OC)(CN(C)CCC[Si](OCC)OCC)N(CC)CC)N(CC)CC)OCC. The predicted octanol–water partition coefficient (Wildman–Crippen LogP) is 11.6. The summed E-state index contributed by atoms with van der Waals surface area (Å²) in [5.74, 6) is 0. The van der Waals surface area contributed by atoms with Crippen LogP contribution in [0, 0.1) is 0 Å². The number of hydrogen-bond donors (Lipinski definition) is 0. The molecule has 14 nitrogen and oxygen atoms in total. The molecule has 2 radical (unpaired) electrons. The van der Waals surface area contributed by atoms with Gasteiger partial charge in [-0.15, -0.1) is 11.8 Å². The maximum Gasteiger partial charge on any atom is 0.500 e. The van der Waals surface area contributed by atoms with Crippen LogP contribution in [0.1, 0.15) is 171 Å². The molecule has 0 fully saturated rings. The Morgan fingerprint density at radius 3 is 0.901 bits per heavy atom. The summed E-state index contributed by atoms with van der Waals surface area (Å²) in [6.45, 7) is 29.0. The van der Waals surface area contributed by atoms with Crippen LogP contribution in [-0.2, 0) is 44.3 Å². The summed E-state index contributed by atoms with van der Waals surface area (Å²) in [7, 11) is 7.53. The van der Waals surface area contributed by atoms with Crippen molar-refractivity contribution in [1.29, 1.82) is 0 Å². The molecular formula is C52H116N4O10SSi4. The Balaban J connectivity index is 6.88. The molecule has 0 aliphatic heterocycles. The summed E-state index contributed by atoms with van der Waals surface area (Å²) >= 11 is 2.35. The second kappa shape index (κ2) is 44.6. The van der Waals surface area contributed by atoms with Gasteiger partial charge in [-0.3, -0.25) is 9.80 Å². The van der Waals surface area contributed by atoms with E-state index in [0.29, 0.717) is 26.4 Å². The molecule has 0 aromatic carbocycles. The van der Waals surface area contributed by atoms with E-state index in [2.05, 4.69) is 101 Å². The lowest BCUT2D eigenvalue weighted by molar-refractivity contribution is 0.0999. The third kappa shape index (κ3) is 29.3. The molecule has 0 aliphatic rings. The molecule has 2 atom stereocenters. The number of nitrogens with zero attached hydrogens (tertiary/aromatic N) is 4. The largest absolute Gasteiger partial charge is 0.500 e. The third-order valence-electron chi connectivity index (χ3n) is 14.1. The lowest BCUT2D eigenvalue weighted by Gasteiger charge is -2.54. The Morgan fingerprint density at radius 2 is 0.648 bits per heavy atom. The van der Waals surface area contributed by atoms with Gasteiger partial charge in [-0.2, -0.15) is 0 Å². The van der Waals surface area contributed by atoms with E-state index in [0.717, 1.165) is 102 Å². The van der Waals surface area contributed by atoms with Crippen LogP contribution in [0.2, 0.25) is 24.2 Å². The van der Waals surface area contributed by atoms with Gasteiger partial charge >= 0.3 is 36.2 Å². The topological polar surface area (TPSA) is 105 Å². The van der Waals surface area contributed by atoms with Gasteiger partial charge in [0.05, 0.1) is 9.74 Å². The van der Waals surface area contributed by atoms with Crippen LogP contribution < -0.4 is 0 Å². The van der Waals surface area contributed by atoms with Crippen LogP contribution >= 0.6 is 11.8 Å². The van der Waals surface area contributed by atoms with Gasteiger partial charge in [0.2, 0.25) is 0 Å². The second-order valence-corrected chi connectivity index (χ2v) is 30.6. The Kier molecular flexibility index (Phi) is 45.0. The smallest absolute Gasteiger partial charge is 0.394 e. The molecule has 0 heterocycles. The summed E-state index contributed by atoms with van der Waals surface area (Å²) in [6.07, 6.45) is 21.5. The minimum atomic E-state index is -2.51. The fraction of sp³-hybridized carbons (Fsp3) is 1.00. The number of rotatable bonds is 54. The van der Waals surface area contributed by atoms with Gasteiger partial charge < -0.3 is 54.1 Å². The zero-order chi connectivity index (χ0) is 53.3. The Hall–Kier alpha value is 0.658. The minimum absolute atomic E-state index is 0.0744. The van der Waals surface area contributed by atoms with E-state index in [1.807, 2.05) is 0 Å². The second-order valence-electron chi connectivity index (χ2n) is 19.0. The van der Waals surface area contributed by atoms with Gasteiger partial charge in [0.1, 0.15) is 0 Å². The van der Waals surface area contributed by atoms with Crippen LogP contribution in [0.15, 0.2) is 0 Å². The molecule has 0 saturated heterocycles. The van der Waals surface area contributed by atoms with Crippen molar-refractivity contribution < 1.29 is 44.3 Å². The van der Waals surface area contributed by atoms with Gasteiger partial charge in [0.25, 0.3) is 0 Å². The first-order valence-electron chi connectivity index (χ1n) is 28.4. The molecule has 426 valence electrons. The molecule has 0 amide bonds. The molecule has 0 rings (SSSR count). The molecular weight excluding hydrogens is 985 g/mol. The van der Waals surface area contributed by atoms with Crippen molar-refractivity contribution in [2.75, 3.05) is 136 Å². The molecule has 0 aromatic heterocycles. The van der Waals surface area contributed by atoms with Crippen molar-refractivity contribution in [1.82, 2.24) is 19.6 Å². The summed E-state index contributed by atoms with van der Waals surface area (Å²) in [5, 5.41) is 0. The van der Waals surface area contributed by atoms with Crippen molar-refractivity contribution in [2.45, 2.75) is 205 Å². The van der Waals surface area contributed by atoms with Gasteiger partial charge in [0.15, 0.2) is 0 Å². The van der Waals surface area contributed by atoms with E-state index < -0.39 is 36.2 Å². The number of hydrogen-bond acceptors (Lipinski definition) is 15. The first kappa shape index (κ1) is 71.7. The van der Waals surface area contributed by atoms with Crippen molar-refractivity contribution in [3.8, 4) is 0 Å². The molecule has 0 spiro atoms. The van der Waals surface area contributed by atoms with Gasteiger partial charge in [-0.05, 0) is 132 Å². The van der Waals surface area contributed by atoms with E-state index in [4.69, 9.17) is 44.3 Å². The average Bonchev–Trinajstić information content (AvgIpc) is 3.36. The first-order chi connectivity index (χ1) is 34.3. The highest BCUT2D eigenvalue weighted by Crippen LogP contribution is 2.48. The van der Waals surface area contributed by atoms with E-state index in [1.54, 1.807) is 42.7 Å². The van der Waals surface area contributed by atoms with Gasteiger partial charge in [-0.25, -0.2) is 0 Å². The van der Waals surface area contributed by atoms with E-state index >= 15 is 0 Å². The maximum atomic E-state index is 6.10. The van der Waals surface area contributed by atoms with E-state index in [-0.39, 0.29) is 9.74 Å². The lowest BCUT2D eigenvalue weighted by atomic mass is 10.0. The summed E-state index contributed by atoms with van der Waals surface area (Å²) in [5.41, 5.74) is 0. The molecule has 0 N–H and O–H groups in total. The molecule has 0 bridgehead atoms. The molecule has 19 heteroatoms. The average molecular weight is 1100 g/mol. The third-order valence-corrected chi connectivity index (χ3v) is 25.7. The van der Waals surface area contributed by atoms with Crippen molar-refractivity contribution >= 4 is 47.9 Å². The quantitative estimate of drug-likeness (QED) is 0.0328. The van der Waals surface area contributed by atoms with Crippen molar-refractivity contribution in [2.24, 2.45) is 0 Å². The van der Waals surface area contributed by atoms with Gasteiger partial charge in [0, 0.05) is 94.3 Å². The number of thioether (sulfide) groups is 1. The summed E-state index contributed by atoms with van der Waals surface area (Å²) in [4.78, 5) is 10.9. The molecule has 71 heavy (non-hydrogen) atoms. The highest BCUT2D eigenvalue weighted by atomic mass is 32.2. The van der Waals surface area contributed by atoms with Crippen molar-refractivity contribution in [3.05, 3.63) is 0 Å². The maximum absolute atomic E-state index is 6.10. The highest BCUT2D eigenvalue weighted by molar-refractivity contribution is 8.02. The fourth-order valence-corrected chi connectivity index (χ4v) is 19.4. The van der Waals surface area contributed by atoms with Crippen LogP contribution in [0.5, 0.6) is 0 Å². The summed E-state index contributed by atoms with van der Waals surface area (Å²) in [6, 6.07) is 3.77. The van der Waals surface area contributed by atoms with Gasteiger partial charge in [-0.1, -0.05) is 105 Å².